The number of benzene rings is 2. The maximum absolute atomic E-state index is 12.5. The zero-order valence-electron chi connectivity index (χ0n) is 17.7. The molecular weight excluding hydrogens is 414 g/mol. The fourth-order valence-corrected chi connectivity index (χ4v) is 3.47. The molecule has 1 heterocycles. The number of nitrogens with one attached hydrogen (secondary N) is 1. The van der Waals surface area contributed by atoms with E-state index in [4.69, 9.17) is 16.3 Å². The standard InChI is InChI=1S/C24H26ClN3O3/c1-17-8-10-19(11-9-17)12-13-21(29)26-14-15-31-24(30)22-18(2)27-28(23(22)25)16-20-6-4-3-5-7-20/h3-11H,12-16H2,1-2H3,(H,26,29). The average Bonchev–Trinajstić information content (AvgIpc) is 3.04. The molecule has 1 aromatic heterocycles. The lowest BCUT2D eigenvalue weighted by Gasteiger charge is -2.07. The van der Waals surface area contributed by atoms with Crippen molar-refractivity contribution in [2.45, 2.75) is 33.2 Å². The quantitative estimate of drug-likeness (QED) is 0.402. The van der Waals surface area contributed by atoms with Gasteiger partial charge in [-0.2, -0.15) is 5.10 Å². The number of carbonyl (C=O) groups is 2. The summed E-state index contributed by atoms with van der Waals surface area (Å²) in [5.41, 5.74) is 4.09. The summed E-state index contributed by atoms with van der Waals surface area (Å²) in [6.45, 7) is 4.52. The molecule has 0 radical (unpaired) electrons. The Hall–Kier alpha value is -3.12. The Kier molecular flexibility index (Phi) is 7.84. The molecule has 0 bridgehead atoms. The first kappa shape index (κ1) is 22.6. The first-order chi connectivity index (χ1) is 14.9. The van der Waals surface area contributed by atoms with Gasteiger partial charge in [-0.05, 0) is 31.4 Å². The van der Waals surface area contributed by atoms with E-state index in [0.717, 1.165) is 11.1 Å². The van der Waals surface area contributed by atoms with E-state index in [1.165, 1.54) is 5.56 Å². The van der Waals surface area contributed by atoms with Crippen molar-refractivity contribution in [1.29, 1.82) is 0 Å². The van der Waals surface area contributed by atoms with E-state index in [1.807, 2.05) is 61.5 Å². The van der Waals surface area contributed by atoms with Crippen LogP contribution in [-0.2, 0) is 22.5 Å². The largest absolute Gasteiger partial charge is 0.460 e. The Morgan fingerprint density at radius 3 is 2.45 bits per heavy atom. The summed E-state index contributed by atoms with van der Waals surface area (Å²) in [4.78, 5) is 24.5. The van der Waals surface area contributed by atoms with E-state index in [1.54, 1.807) is 11.6 Å². The van der Waals surface area contributed by atoms with Gasteiger partial charge in [0.25, 0.3) is 0 Å². The third-order valence-electron chi connectivity index (χ3n) is 4.86. The van der Waals surface area contributed by atoms with Crippen molar-refractivity contribution < 1.29 is 14.3 Å². The van der Waals surface area contributed by atoms with E-state index >= 15 is 0 Å². The van der Waals surface area contributed by atoms with Crippen LogP contribution in [0.3, 0.4) is 0 Å². The average molecular weight is 440 g/mol. The number of carbonyl (C=O) groups excluding carboxylic acids is 2. The number of halogens is 1. The van der Waals surface area contributed by atoms with Gasteiger partial charge in [0, 0.05) is 6.42 Å². The topological polar surface area (TPSA) is 73.2 Å². The molecule has 2 aromatic carbocycles. The highest BCUT2D eigenvalue weighted by Gasteiger charge is 2.21. The van der Waals surface area contributed by atoms with Gasteiger partial charge in [-0.3, -0.25) is 4.79 Å². The molecule has 31 heavy (non-hydrogen) atoms. The van der Waals surface area contributed by atoms with Crippen LogP contribution < -0.4 is 5.32 Å². The minimum absolute atomic E-state index is 0.0642. The molecule has 3 rings (SSSR count). The molecule has 162 valence electrons. The molecule has 0 unspecified atom stereocenters. The molecule has 1 N–H and O–H groups in total. The van der Waals surface area contributed by atoms with Crippen molar-refractivity contribution >= 4 is 23.5 Å². The van der Waals surface area contributed by atoms with Crippen molar-refractivity contribution in [2.75, 3.05) is 13.2 Å². The maximum atomic E-state index is 12.5. The SMILES string of the molecule is Cc1ccc(CCC(=O)NCCOC(=O)c2c(C)nn(Cc3ccccc3)c2Cl)cc1. The zero-order valence-corrected chi connectivity index (χ0v) is 18.5. The van der Waals surface area contributed by atoms with E-state index < -0.39 is 5.97 Å². The number of rotatable bonds is 9. The van der Waals surface area contributed by atoms with Crippen molar-refractivity contribution in [2.24, 2.45) is 0 Å². The van der Waals surface area contributed by atoms with Crippen molar-refractivity contribution in [3.8, 4) is 0 Å². The third-order valence-corrected chi connectivity index (χ3v) is 5.25. The van der Waals surface area contributed by atoms with Gasteiger partial charge < -0.3 is 10.1 Å². The van der Waals surface area contributed by atoms with Crippen LogP contribution in [0.2, 0.25) is 5.15 Å². The second-order valence-corrected chi connectivity index (χ2v) is 7.72. The molecule has 0 saturated carbocycles. The molecule has 7 heteroatoms. The number of ether oxygens (including phenoxy) is 1. The van der Waals surface area contributed by atoms with E-state index in [0.29, 0.717) is 25.1 Å². The van der Waals surface area contributed by atoms with Crippen LogP contribution in [0.4, 0.5) is 0 Å². The summed E-state index contributed by atoms with van der Waals surface area (Å²) in [5.74, 6) is -0.628. The number of hydrogen-bond donors (Lipinski definition) is 1. The van der Waals surface area contributed by atoms with Gasteiger partial charge >= 0.3 is 5.97 Å². The van der Waals surface area contributed by atoms with E-state index in [2.05, 4.69) is 10.4 Å². The number of nitrogens with zero attached hydrogens (tertiary/aromatic N) is 2. The first-order valence-electron chi connectivity index (χ1n) is 10.2. The monoisotopic (exact) mass is 439 g/mol. The van der Waals surface area contributed by atoms with Gasteiger partial charge in [-0.1, -0.05) is 71.8 Å². The third kappa shape index (κ3) is 6.43. The van der Waals surface area contributed by atoms with Crippen LogP contribution in [0, 0.1) is 13.8 Å². The smallest absolute Gasteiger partial charge is 0.343 e. The van der Waals surface area contributed by atoms with Gasteiger partial charge in [0.1, 0.15) is 17.3 Å². The van der Waals surface area contributed by atoms with Crippen LogP contribution in [0.25, 0.3) is 0 Å². The Morgan fingerprint density at radius 2 is 1.74 bits per heavy atom. The lowest BCUT2D eigenvalue weighted by molar-refractivity contribution is -0.121. The molecule has 0 aliphatic heterocycles. The molecule has 6 nitrogen and oxygen atoms in total. The summed E-state index contributed by atoms with van der Waals surface area (Å²) < 4.78 is 6.87. The van der Waals surface area contributed by atoms with E-state index in [-0.39, 0.29) is 29.8 Å². The van der Waals surface area contributed by atoms with Gasteiger partial charge in [-0.25, -0.2) is 9.48 Å². The lowest BCUT2D eigenvalue weighted by Crippen LogP contribution is -2.28. The summed E-state index contributed by atoms with van der Waals surface area (Å²) in [6, 6.07) is 17.8. The number of aromatic nitrogens is 2. The highest BCUT2D eigenvalue weighted by molar-refractivity contribution is 6.32. The number of amides is 1. The molecule has 0 aliphatic carbocycles. The Morgan fingerprint density at radius 1 is 1.03 bits per heavy atom. The summed E-state index contributed by atoms with van der Waals surface area (Å²) in [7, 11) is 0. The minimum atomic E-state index is -0.546. The normalized spacial score (nSPS) is 10.7. The van der Waals surface area contributed by atoms with Crippen LogP contribution in [0.1, 0.15) is 39.2 Å². The zero-order chi connectivity index (χ0) is 22.2. The van der Waals surface area contributed by atoms with Gasteiger partial charge in [-0.15, -0.1) is 0 Å². The minimum Gasteiger partial charge on any atom is -0.460 e. The molecular formula is C24H26ClN3O3. The molecule has 1 amide bonds. The molecule has 3 aromatic rings. The molecule has 0 saturated heterocycles. The van der Waals surface area contributed by atoms with Crippen LogP contribution in [0.5, 0.6) is 0 Å². The predicted octanol–water partition coefficient (Wildman–Crippen LogP) is 4.11. The molecule has 0 fully saturated rings. The fourth-order valence-electron chi connectivity index (χ4n) is 3.15. The van der Waals surface area contributed by atoms with Crippen molar-refractivity contribution in [3.05, 3.63) is 87.7 Å². The second kappa shape index (κ2) is 10.8. The summed E-state index contributed by atoms with van der Waals surface area (Å²) in [5, 5.41) is 7.37. The van der Waals surface area contributed by atoms with Crippen LogP contribution >= 0.6 is 11.6 Å². The van der Waals surface area contributed by atoms with Crippen LogP contribution in [-0.4, -0.2) is 34.8 Å². The second-order valence-electron chi connectivity index (χ2n) is 7.37. The highest BCUT2D eigenvalue weighted by Crippen LogP contribution is 2.21. The Balaban J connectivity index is 1.44. The number of aryl methyl sites for hydroxylation is 3. The fraction of sp³-hybridized carbons (Fsp3) is 0.292. The Bertz CT molecular complexity index is 1030. The maximum Gasteiger partial charge on any atom is 0.343 e. The lowest BCUT2D eigenvalue weighted by atomic mass is 10.1. The summed E-state index contributed by atoms with van der Waals surface area (Å²) in [6.07, 6.45) is 1.05. The van der Waals surface area contributed by atoms with E-state index in [9.17, 15) is 9.59 Å². The summed E-state index contributed by atoms with van der Waals surface area (Å²) >= 11 is 6.38. The van der Waals surface area contributed by atoms with Gasteiger partial charge in [0.05, 0.1) is 18.8 Å². The van der Waals surface area contributed by atoms with Crippen LogP contribution in [0.15, 0.2) is 54.6 Å². The molecule has 0 atom stereocenters. The molecule has 0 aliphatic rings. The van der Waals surface area contributed by atoms with Gasteiger partial charge in [0.15, 0.2) is 0 Å². The first-order valence-corrected chi connectivity index (χ1v) is 10.6. The molecule has 0 spiro atoms. The van der Waals surface area contributed by atoms with Crippen molar-refractivity contribution in [3.63, 3.8) is 0 Å². The number of hydrogen-bond acceptors (Lipinski definition) is 4. The Labute approximate surface area is 187 Å². The van der Waals surface area contributed by atoms with Crippen molar-refractivity contribution in [1.82, 2.24) is 15.1 Å². The predicted molar refractivity (Wildman–Crippen MR) is 120 cm³/mol. The highest BCUT2D eigenvalue weighted by atomic mass is 35.5. The number of esters is 1. The van der Waals surface area contributed by atoms with Gasteiger partial charge in [0.2, 0.25) is 5.91 Å².